The zero-order valence-electron chi connectivity index (χ0n) is 7.23. The van der Waals surface area contributed by atoms with Crippen LogP contribution in [0.3, 0.4) is 0 Å². The van der Waals surface area contributed by atoms with Gasteiger partial charge in [0.25, 0.3) is 0 Å². The van der Waals surface area contributed by atoms with Gasteiger partial charge in [0.2, 0.25) is 0 Å². The summed E-state index contributed by atoms with van der Waals surface area (Å²) in [6.07, 6.45) is 0. The predicted octanol–water partition coefficient (Wildman–Crippen LogP) is 3.09. The Kier molecular flexibility index (Phi) is 3.04. The second kappa shape index (κ2) is 3.85. The van der Waals surface area contributed by atoms with Crippen molar-refractivity contribution < 1.29 is 4.79 Å². The smallest absolute Gasteiger partial charge is 0.160 e. The van der Waals surface area contributed by atoms with E-state index >= 15 is 0 Å². The second-order valence-corrected chi connectivity index (χ2v) is 3.41. The molecule has 0 unspecified atom stereocenters. The number of benzene rings is 1. The van der Waals surface area contributed by atoms with Gasteiger partial charge >= 0.3 is 0 Å². The minimum atomic E-state index is 0.129. The molecular weight excluding hydrogens is 216 g/mol. The monoisotopic (exact) mass is 226 g/mol. The van der Waals surface area contributed by atoms with E-state index in [9.17, 15) is 4.79 Å². The van der Waals surface area contributed by atoms with Gasteiger partial charge in [0.15, 0.2) is 5.78 Å². The fraction of sp³-hybridized carbons (Fsp3) is 0.300. The van der Waals surface area contributed by atoms with Gasteiger partial charge in [0.05, 0.1) is 0 Å². The standard InChI is InChI=1S/C10H11BrO/c1-7-3-4-10(8(2)12)9(5-7)6-11/h3-5H,6H2,1-2H3. The van der Waals surface area contributed by atoms with E-state index in [1.54, 1.807) is 6.92 Å². The van der Waals surface area contributed by atoms with Crippen LogP contribution in [0.2, 0.25) is 0 Å². The molecule has 0 bridgehead atoms. The Morgan fingerprint density at radius 2 is 2.17 bits per heavy atom. The predicted molar refractivity (Wildman–Crippen MR) is 53.8 cm³/mol. The van der Waals surface area contributed by atoms with Crippen LogP contribution in [0.4, 0.5) is 0 Å². The number of halogens is 1. The van der Waals surface area contributed by atoms with E-state index < -0.39 is 0 Å². The Balaban J connectivity index is 3.20. The second-order valence-electron chi connectivity index (χ2n) is 2.85. The van der Waals surface area contributed by atoms with Crippen LogP contribution >= 0.6 is 15.9 Å². The molecule has 0 aliphatic heterocycles. The third kappa shape index (κ3) is 1.95. The molecule has 0 aliphatic rings. The fourth-order valence-corrected chi connectivity index (χ4v) is 1.64. The van der Waals surface area contributed by atoms with Gasteiger partial charge in [0.1, 0.15) is 0 Å². The van der Waals surface area contributed by atoms with Crippen molar-refractivity contribution in [3.05, 3.63) is 34.9 Å². The van der Waals surface area contributed by atoms with Crippen LogP contribution in [0.25, 0.3) is 0 Å². The highest BCUT2D eigenvalue weighted by Crippen LogP contribution is 2.15. The van der Waals surface area contributed by atoms with Gasteiger partial charge in [-0.3, -0.25) is 4.79 Å². The van der Waals surface area contributed by atoms with Crippen molar-refractivity contribution in [3.8, 4) is 0 Å². The van der Waals surface area contributed by atoms with Crippen LogP contribution < -0.4 is 0 Å². The molecule has 0 spiro atoms. The maximum absolute atomic E-state index is 11.1. The first-order valence-electron chi connectivity index (χ1n) is 3.81. The Bertz CT molecular complexity index is 305. The number of alkyl halides is 1. The minimum Gasteiger partial charge on any atom is -0.295 e. The van der Waals surface area contributed by atoms with E-state index in [4.69, 9.17) is 0 Å². The quantitative estimate of drug-likeness (QED) is 0.560. The van der Waals surface area contributed by atoms with E-state index in [-0.39, 0.29) is 5.78 Å². The molecule has 0 saturated carbocycles. The van der Waals surface area contributed by atoms with E-state index in [1.165, 1.54) is 5.56 Å². The highest BCUT2D eigenvalue weighted by Gasteiger charge is 2.04. The van der Waals surface area contributed by atoms with Gasteiger partial charge in [-0.15, -0.1) is 0 Å². The third-order valence-electron chi connectivity index (χ3n) is 1.78. The van der Waals surface area contributed by atoms with E-state index in [2.05, 4.69) is 15.9 Å². The first-order valence-corrected chi connectivity index (χ1v) is 4.93. The summed E-state index contributed by atoms with van der Waals surface area (Å²) < 4.78 is 0. The van der Waals surface area contributed by atoms with Gasteiger partial charge in [-0.2, -0.15) is 0 Å². The summed E-state index contributed by atoms with van der Waals surface area (Å²) in [4.78, 5) is 11.1. The van der Waals surface area contributed by atoms with Crippen molar-refractivity contribution >= 4 is 21.7 Å². The summed E-state index contributed by atoms with van der Waals surface area (Å²) in [5.41, 5.74) is 3.08. The van der Waals surface area contributed by atoms with Crippen LogP contribution in [0.1, 0.15) is 28.4 Å². The van der Waals surface area contributed by atoms with Gasteiger partial charge in [-0.1, -0.05) is 39.7 Å². The fourth-order valence-electron chi connectivity index (χ4n) is 1.18. The molecular formula is C10H11BrO. The topological polar surface area (TPSA) is 17.1 Å². The Morgan fingerprint density at radius 1 is 1.50 bits per heavy atom. The molecule has 64 valence electrons. The largest absolute Gasteiger partial charge is 0.295 e. The molecule has 0 aliphatic carbocycles. The van der Waals surface area contributed by atoms with Crippen molar-refractivity contribution in [2.45, 2.75) is 19.2 Å². The summed E-state index contributed by atoms with van der Waals surface area (Å²) in [5, 5.41) is 0.740. The highest BCUT2D eigenvalue weighted by atomic mass is 79.9. The summed E-state index contributed by atoms with van der Waals surface area (Å²) in [6, 6.07) is 5.88. The number of hydrogen-bond acceptors (Lipinski definition) is 1. The summed E-state index contributed by atoms with van der Waals surface area (Å²) in [7, 11) is 0. The van der Waals surface area contributed by atoms with E-state index in [0.29, 0.717) is 0 Å². The Labute approximate surface area is 80.9 Å². The molecule has 0 amide bonds. The number of ketones is 1. The van der Waals surface area contributed by atoms with E-state index in [1.807, 2.05) is 25.1 Å². The van der Waals surface area contributed by atoms with Crippen molar-refractivity contribution in [2.24, 2.45) is 0 Å². The SMILES string of the molecule is CC(=O)c1ccc(C)cc1CBr. The molecule has 0 fully saturated rings. The van der Waals surface area contributed by atoms with Crippen LogP contribution in [-0.2, 0) is 5.33 Å². The van der Waals surface area contributed by atoms with Crippen molar-refractivity contribution in [1.82, 2.24) is 0 Å². The molecule has 0 saturated heterocycles. The number of Topliss-reactive ketones (excluding diaryl/α,β-unsaturated/α-hetero) is 1. The van der Waals surface area contributed by atoms with Crippen LogP contribution in [0.15, 0.2) is 18.2 Å². The molecule has 0 aromatic heterocycles. The van der Waals surface area contributed by atoms with Crippen LogP contribution in [0, 0.1) is 6.92 Å². The maximum atomic E-state index is 11.1. The zero-order chi connectivity index (χ0) is 9.14. The van der Waals surface area contributed by atoms with Crippen molar-refractivity contribution in [1.29, 1.82) is 0 Å². The Hall–Kier alpha value is -0.630. The lowest BCUT2D eigenvalue weighted by atomic mass is 10.0. The number of aryl methyl sites for hydroxylation is 1. The summed E-state index contributed by atoms with van der Waals surface area (Å²) >= 11 is 3.36. The normalized spacial score (nSPS) is 9.92. The first kappa shape index (κ1) is 9.46. The molecule has 1 nitrogen and oxygen atoms in total. The molecule has 2 heteroatoms. The molecule has 0 atom stereocenters. The van der Waals surface area contributed by atoms with E-state index in [0.717, 1.165) is 16.5 Å². The van der Waals surface area contributed by atoms with Gasteiger partial charge in [-0.05, 0) is 19.4 Å². The van der Waals surface area contributed by atoms with Gasteiger partial charge < -0.3 is 0 Å². The van der Waals surface area contributed by atoms with Crippen molar-refractivity contribution in [3.63, 3.8) is 0 Å². The molecule has 1 rings (SSSR count). The molecule has 1 aromatic carbocycles. The van der Waals surface area contributed by atoms with Crippen LogP contribution in [-0.4, -0.2) is 5.78 Å². The lowest BCUT2D eigenvalue weighted by molar-refractivity contribution is 0.101. The number of carbonyl (C=O) groups excluding carboxylic acids is 1. The zero-order valence-corrected chi connectivity index (χ0v) is 8.81. The average molecular weight is 227 g/mol. The summed E-state index contributed by atoms with van der Waals surface area (Å²) in [5.74, 6) is 0.129. The number of hydrogen-bond donors (Lipinski definition) is 0. The number of rotatable bonds is 2. The molecule has 0 N–H and O–H groups in total. The maximum Gasteiger partial charge on any atom is 0.160 e. The van der Waals surface area contributed by atoms with Gasteiger partial charge in [-0.25, -0.2) is 0 Å². The minimum absolute atomic E-state index is 0.129. The van der Waals surface area contributed by atoms with Crippen LogP contribution in [0.5, 0.6) is 0 Å². The average Bonchev–Trinajstić information content (AvgIpc) is 2.03. The lowest BCUT2D eigenvalue weighted by Crippen LogP contribution is -1.97. The molecule has 1 aromatic rings. The summed E-state index contributed by atoms with van der Waals surface area (Å²) in [6.45, 7) is 3.62. The van der Waals surface area contributed by atoms with Crippen molar-refractivity contribution in [2.75, 3.05) is 0 Å². The third-order valence-corrected chi connectivity index (χ3v) is 2.39. The molecule has 0 heterocycles. The number of carbonyl (C=O) groups is 1. The first-order chi connectivity index (χ1) is 5.65. The van der Waals surface area contributed by atoms with Gasteiger partial charge in [0, 0.05) is 10.9 Å². The molecule has 0 radical (unpaired) electrons. The Morgan fingerprint density at radius 3 is 2.67 bits per heavy atom. The lowest BCUT2D eigenvalue weighted by Gasteiger charge is -2.03. The highest BCUT2D eigenvalue weighted by molar-refractivity contribution is 9.08. The molecule has 12 heavy (non-hydrogen) atoms.